The Kier molecular flexibility index (Phi) is 6.61. The Morgan fingerprint density at radius 3 is 2.67 bits per heavy atom. The van der Waals surface area contributed by atoms with Gasteiger partial charge in [-0.25, -0.2) is 0 Å². The normalized spacial score (nSPS) is 11.2. The van der Waals surface area contributed by atoms with E-state index in [0.717, 1.165) is 43.2 Å². The van der Waals surface area contributed by atoms with Crippen LogP contribution in [0.15, 0.2) is 22.6 Å². The van der Waals surface area contributed by atoms with Crippen LogP contribution in [0.3, 0.4) is 0 Å². The molecular formula is C18H28N4O2. The maximum Gasteiger partial charge on any atom is 0.286 e. The lowest BCUT2D eigenvalue weighted by atomic mass is 10.3. The van der Waals surface area contributed by atoms with Gasteiger partial charge in [0.1, 0.15) is 5.76 Å². The first kappa shape index (κ1) is 18.3. The second kappa shape index (κ2) is 8.68. The van der Waals surface area contributed by atoms with Gasteiger partial charge in [-0.2, -0.15) is 5.10 Å². The standard InChI is InChI=1S/C18H28N4O2/c1-5-21(6-2)11-7-10-19-18(23)17-9-8-16(24-17)13-22-15(4)12-14(3)20-22/h8-9,12H,5-7,10-11,13H2,1-4H3,(H,19,23). The van der Waals surface area contributed by atoms with Crippen LogP contribution in [0.1, 0.15) is 48.0 Å². The van der Waals surface area contributed by atoms with Crippen molar-refractivity contribution in [2.75, 3.05) is 26.2 Å². The molecule has 0 saturated carbocycles. The third-order valence-electron chi connectivity index (χ3n) is 4.13. The molecule has 0 radical (unpaired) electrons. The van der Waals surface area contributed by atoms with E-state index in [1.165, 1.54) is 0 Å². The molecule has 0 aliphatic carbocycles. The lowest BCUT2D eigenvalue weighted by Gasteiger charge is -2.17. The van der Waals surface area contributed by atoms with Crippen molar-refractivity contribution < 1.29 is 9.21 Å². The number of furan rings is 1. The number of hydrogen-bond donors (Lipinski definition) is 1. The topological polar surface area (TPSA) is 63.3 Å². The number of aryl methyl sites for hydroxylation is 2. The maximum absolute atomic E-state index is 12.1. The van der Waals surface area contributed by atoms with Crippen LogP contribution in [0.4, 0.5) is 0 Å². The largest absolute Gasteiger partial charge is 0.454 e. The molecule has 6 heteroatoms. The fourth-order valence-corrected chi connectivity index (χ4v) is 2.70. The molecule has 1 N–H and O–H groups in total. The summed E-state index contributed by atoms with van der Waals surface area (Å²) < 4.78 is 7.53. The van der Waals surface area contributed by atoms with Crippen molar-refractivity contribution in [3.05, 3.63) is 41.1 Å². The van der Waals surface area contributed by atoms with E-state index in [2.05, 4.69) is 29.2 Å². The molecule has 1 amide bonds. The average Bonchev–Trinajstić information content (AvgIpc) is 3.14. The highest BCUT2D eigenvalue weighted by Gasteiger charge is 2.12. The third-order valence-corrected chi connectivity index (χ3v) is 4.13. The molecular weight excluding hydrogens is 304 g/mol. The zero-order chi connectivity index (χ0) is 17.5. The minimum absolute atomic E-state index is 0.158. The van der Waals surface area contributed by atoms with Gasteiger partial charge in [-0.05, 0) is 58.1 Å². The van der Waals surface area contributed by atoms with E-state index in [0.29, 0.717) is 18.8 Å². The van der Waals surface area contributed by atoms with Crippen molar-refractivity contribution in [1.29, 1.82) is 0 Å². The van der Waals surface area contributed by atoms with Crippen molar-refractivity contribution >= 4 is 5.91 Å². The predicted octanol–water partition coefficient (Wildman–Crippen LogP) is 2.60. The van der Waals surface area contributed by atoms with Gasteiger partial charge in [0.25, 0.3) is 5.91 Å². The first-order valence-electron chi connectivity index (χ1n) is 8.63. The maximum atomic E-state index is 12.1. The molecule has 6 nitrogen and oxygen atoms in total. The highest BCUT2D eigenvalue weighted by atomic mass is 16.4. The molecule has 2 heterocycles. The summed E-state index contributed by atoms with van der Waals surface area (Å²) in [7, 11) is 0. The molecule has 0 atom stereocenters. The highest BCUT2D eigenvalue weighted by molar-refractivity contribution is 5.91. The summed E-state index contributed by atoms with van der Waals surface area (Å²) in [5.41, 5.74) is 2.05. The van der Waals surface area contributed by atoms with Crippen LogP contribution in [0.2, 0.25) is 0 Å². The zero-order valence-corrected chi connectivity index (χ0v) is 15.1. The lowest BCUT2D eigenvalue weighted by Crippen LogP contribution is -2.29. The molecule has 0 spiro atoms. The smallest absolute Gasteiger partial charge is 0.286 e. The molecule has 2 aromatic rings. The molecule has 132 valence electrons. The van der Waals surface area contributed by atoms with Crippen LogP contribution in [-0.4, -0.2) is 46.8 Å². The fourth-order valence-electron chi connectivity index (χ4n) is 2.70. The summed E-state index contributed by atoms with van der Waals surface area (Å²) >= 11 is 0. The van der Waals surface area contributed by atoms with Gasteiger partial charge in [0, 0.05) is 12.2 Å². The van der Waals surface area contributed by atoms with Crippen LogP contribution < -0.4 is 5.32 Å². The number of hydrogen-bond acceptors (Lipinski definition) is 4. The van der Waals surface area contributed by atoms with Crippen LogP contribution in [0, 0.1) is 13.8 Å². The second-order valence-corrected chi connectivity index (χ2v) is 5.99. The Labute approximate surface area is 143 Å². The average molecular weight is 332 g/mol. The van der Waals surface area contributed by atoms with Gasteiger partial charge in [-0.3, -0.25) is 9.48 Å². The van der Waals surface area contributed by atoms with E-state index >= 15 is 0 Å². The van der Waals surface area contributed by atoms with Crippen molar-refractivity contribution in [1.82, 2.24) is 20.0 Å². The van der Waals surface area contributed by atoms with Gasteiger partial charge in [-0.15, -0.1) is 0 Å². The molecule has 0 aromatic carbocycles. The van der Waals surface area contributed by atoms with Gasteiger partial charge in [0.2, 0.25) is 0 Å². The van der Waals surface area contributed by atoms with Gasteiger partial charge in [0.15, 0.2) is 5.76 Å². The first-order chi connectivity index (χ1) is 11.5. The predicted molar refractivity (Wildman–Crippen MR) is 94.2 cm³/mol. The molecule has 0 aliphatic heterocycles. The third kappa shape index (κ3) is 4.96. The van der Waals surface area contributed by atoms with Crippen molar-refractivity contribution in [3.63, 3.8) is 0 Å². The number of carbonyl (C=O) groups is 1. The van der Waals surface area contributed by atoms with Crippen molar-refractivity contribution in [2.24, 2.45) is 0 Å². The minimum Gasteiger partial charge on any atom is -0.454 e. The molecule has 0 fully saturated rings. The zero-order valence-electron chi connectivity index (χ0n) is 15.1. The molecule has 0 unspecified atom stereocenters. The van der Waals surface area contributed by atoms with E-state index in [-0.39, 0.29) is 5.91 Å². The minimum atomic E-state index is -0.158. The quantitative estimate of drug-likeness (QED) is 0.717. The fraction of sp³-hybridized carbons (Fsp3) is 0.556. The van der Waals surface area contributed by atoms with Crippen LogP contribution >= 0.6 is 0 Å². The molecule has 0 saturated heterocycles. The lowest BCUT2D eigenvalue weighted by molar-refractivity contribution is 0.0922. The summed E-state index contributed by atoms with van der Waals surface area (Å²) in [6.45, 7) is 12.5. The Balaban J connectivity index is 1.81. The Morgan fingerprint density at radius 2 is 2.04 bits per heavy atom. The van der Waals surface area contributed by atoms with Crippen molar-refractivity contribution in [2.45, 2.75) is 40.7 Å². The van der Waals surface area contributed by atoms with E-state index in [1.807, 2.05) is 30.7 Å². The summed E-state index contributed by atoms with van der Waals surface area (Å²) in [6, 6.07) is 5.58. The summed E-state index contributed by atoms with van der Waals surface area (Å²) in [5, 5.41) is 7.32. The number of nitrogens with one attached hydrogen (secondary N) is 1. The number of rotatable bonds is 9. The summed E-state index contributed by atoms with van der Waals surface area (Å²) in [5.74, 6) is 0.929. The van der Waals surface area contributed by atoms with Crippen LogP contribution in [-0.2, 0) is 6.54 Å². The number of carbonyl (C=O) groups excluding carboxylic acids is 1. The van der Waals surface area contributed by atoms with Crippen molar-refractivity contribution in [3.8, 4) is 0 Å². The number of nitrogens with zero attached hydrogens (tertiary/aromatic N) is 3. The first-order valence-corrected chi connectivity index (χ1v) is 8.63. The Bertz CT molecular complexity index is 656. The van der Waals surface area contributed by atoms with Gasteiger partial charge in [0.05, 0.1) is 12.2 Å². The Morgan fingerprint density at radius 1 is 1.29 bits per heavy atom. The summed E-state index contributed by atoms with van der Waals surface area (Å²) in [6.07, 6.45) is 0.937. The SMILES string of the molecule is CCN(CC)CCCNC(=O)c1ccc(Cn2nc(C)cc2C)o1. The molecule has 0 aliphatic rings. The number of amides is 1. The van der Waals surface area contributed by atoms with E-state index in [1.54, 1.807) is 6.07 Å². The van der Waals surface area contributed by atoms with Gasteiger partial charge >= 0.3 is 0 Å². The second-order valence-electron chi connectivity index (χ2n) is 5.99. The van der Waals surface area contributed by atoms with Crippen LogP contribution in [0.25, 0.3) is 0 Å². The van der Waals surface area contributed by atoms with E-state index in [4.69, 9.17) is 4.42 Å². The van der Waals surface area contributed by atoms with Gasteiger partial charge < -0.3 is 14.6 Å². The molecule has 2 rings (SSSR count). The monoisotopic (exact) mass is 332 g/mol. The van der Waals surface area contributed by atoms with Gasteiger partial charge in [-0.1, -0.05) is 13.8 Å². The van der Waals surface area contributed by atoms with E-state index < -0.39 is 0 Å². The number of aromatic nitrogens is 2. The summed E-state index contributed by atoms with van der Waals surface area (Å²) in [4.78, 5) is 14.5. The van der Waals surface area contributed by atoms with E-state index in [9.17, 15) is 4.79 Å². The highest BCUT2D eigenvalue weighted by Crippen LogP contribution is 2.11. The molecule has 2 aromatic heterocycles. The molecule has 24 heavy (non-hydrogen) atoms. The Hall–Kier alpha value is -2.08. The molecule has 0 bridgehead atoms. The van der Waals surface area contributed by atoms with Crippen LogP contribution in [0.5, 0.6) is 0 Å².